The fraction of sp³-hybridized carbons (Fsp3) is 0. The third-order valence-electron chi connectivity index (χ3n) is 4.17. The van der Waals surface area contributed by atoms with E-state index in [2.05, 4.69) is 9.97 Å². The minimum absolute atomic E-state index is 0. The number of pyridine rings is 2. The third-order valence-corrected chi connectivity index (χ3v) is 4.17. The molecule has 0 aliphatic carbocycles. The fourth-order valence-corrected chi connectivity index (χ4v) is 2.95. The van der Waals surface area contributed by atoms with Crippen LogP contribution in [-0.2, 0) is 0 Å². The number of carbonyl (C=O) groups is 2. The number of hydrogen-bond acceptors (Lipinski definition) is 6. The van der Waals surface area contributed by atoms with Crippen molar-refractivity contribution in [2.45, 2.75) is 0 Å². The predicted octanol–water partition coefficient (Wildman–Crippen LogP) is -4.81. The van der Waals surface area contributed by atoms with Crippen LogP contribution in [0, 0.1) is 0 Å². The van der Waals surface area contributed by atoms with E-state index in [0.29, 0.717) is 33.2 Å². The molecule has 126 valence electrons. The summed E-state index contributed by atoms with van der Waals surface area (Å²) in [6.07, 6.45) is 0. The number of carbonyl (C=O) groups excluding carboxylic acids is 2. The number of carboxylic acids is 2. The Morgan fingerprint density at radius 3 is 1.36 bits per heavy atom. The zero-order valence-electron chi connectivity index (χ0n) is 15.3. The fourth-order valence-electron chi connectivity index (χ4n) is 2.95. The quantitative estimate of drug-likeness (QED) is 0.308. The number of aromatic nitrogens is 2. The van der Waals surface area contributed by atoms with Crippen LogP contribution in [0.25, 0.3) is 33.2 Å². The van der Waals surface area contributed by atoms with Crippen LogP contribution in [0.4, 0.5) is 0 Å². The summed E-state index contributed by atoms with van der Waals surface area (Å²) in [6.45, 7) is 0. The van der Waals surface area contributed by atoms with Crippen molar-refractivity contribution < 1.29 is 123 Å². The van der Waals surface area contributed by atoms with E-state index in [0.717, 1.165) is 0 Å². The molecule has 28 heavy (non-hydrogen) atoms. The van der Waals surface area contributed by atoms with Crippen molar-refractivity contribution >= 4 is 33.7 Å². The minimum atomic E-state index is -1.26. The van der Waals surface area contributed by atoms with Gasteiger partial charge in [0, 0.05) is 21.9 Å². The first kappa shape index (κ1) is 23.7. The van der Waals surface area contributed by atoms with Crippen LogP contribution in [0.15, 0.2) is 60.7 Å². The van der Waals surface area contributed by atoms with Gasteiger partial charge in [0.25, 0.3) is 0 Å². The van der Waals surface area contributed by atoms with E-state index in [-0.39, 0.29) is 114 Å². The normalized spacial score (nSPS) is 10.1. The summed E-state index contributed by atoms with van der Waals surface area (Å²) >= 11 is 0. The Kier molecular flexibility index (Phi) is 8.47. The molecule has 4 aromatic rings. The molecule has 0 fully saturated rings. The zero-order valence-corrected chi connectivity index (χ0v) is 21.5. The van der Waals surface area contributed by atoms with Crippen molar-refractivity contribution in [3.8, 4) is 11.4 Å². The van der Waals surface area contributed by atoms with Crippen molar-refractivity contribution in [2.24, 2.45) is 0 Å². The largest absolute Gasteiger partial charge is 1.00 e. The Morgan fingerprint density at radius 2 is 1.00 bits per heavy atom. The van der Waals surface area contributed by atoms with Crippen LogP contribution in [0.3, 0.4) is 0 Å². The molecule has 0 bridgehead atoms. The van der Waals surface area contributed by atoms with Crippen LogP contribution in [-0.4, -0.2) is 21.9 Å². The van der Waals surface area contributed by atoms with Crippen LogP contribution in [0.5, 0.6) is 0 Å². The van der Waals surface area contributed by atoms with E-state index in [4.69, 9.17) is 0 Å². The first-order valence-electron chi connectivity index (χ1n) is 7.77. The second-order valence-corrected chi connectivity index (χ2v) is 5.71. The molecule has 2 heterocycles. The summed E-state index contributed by atoms with van der Waals surface area (Å²) in [7, 11) is 0. The summed E-state index contributed by atoms with van der Waals surface area (Å²) in [6, 6.07) is 16.2. The van der Waals surface area contributed by atoms with Crippen LogP contribution >= 0.6 is 0 Å². The predicted molar refractivity (Wildman–Crippen MR) is 91.1 cm³/mol. The molecule has 0 N–H and O–H groups in total. The van der Waals surface area contributed by atoms with Crippen molar-refractivity contribution in [3.63, 3.8) is 0 Å². The van der Waals surface area contributed by atoms with E-state index in [9.17, 15) is 19.8 Å². The molecule has 4 rings (SSSR count). The second kappa shape index (κ2) is 9.99. The van der Waals surface area contributed by atoms with Gasteiger partial charge in [-0.2, -0.15) is 0 Å². The van der Waals surface area contributed by atoms with Crippen molar-refractivity contribution in [1.29, 1.82) is 0 Å². The summed E-state index contributed by atoms with van der Waals surface area (Å²) < 4.78 is 0. The Morgan fingerprint density at radius 1 is 0.607 bits per heavy atom. The number of nitrogens with zero attached hydrogens (tertiary/aromatic N) is 2. The standard InChI is InChI=1S/C20H12N2O4.2K/c23-19(24)13-3-1-5-15-11(13)7-9-17(21-15)18-10-8-12-14(20(25)26)4-2-6-16(12)22-18;;/h1-10H,(H,23,24)(H,25,26);;/q;2*+1/p-2. The molecule has 0 aliphatic rings. The Bertz CT molecular complexity index is 1120. The van der Waals surface area contributed by atoms with Crippen molar-refractivity contribution in [1.82, 2.24) is 9.97 Å². The minimum Gasteiger partial charge on any atom is -0.545 e. The average Bonchev–Trinajstić information content (AvgIpc) is 2.65. The van der Waals surface area contributed by atoms with Crippen molar-refractivity contribution in [2.75, 3.05) is 0 Å². The topological polar surface area (TPSA) is 106 Å². The molecule has 0 saturated carbocycles. The second-order valence-electron chi connectivity index (χ2n) is 5.71. The monoisotopic (exact) mass is 420 g/mol. The smallest absolute Gasteiger partial charge is 0.545 e. The van der Waals surface area contributed by atoms with E-state index >= 15 is 0 Å². The summed E-state index contributed by atoms with van der Waals surface area (Å²) in [5, 5.41) is 23.4. The maximum atomic E-state index is 11.2. The van der Waals surface area contributed by atoms with E-state index in [1.807, 2.05) is 0 Å². The van der Waals surface area contributed by atoms with Gasteiger partial charge in [-0.1, -0.05) is 24.3 Å². The van der Waals surface area contributed by atoms with Gasteiger partial charge in [0.15, 0.2) is 0 Å². The van der Waals surface area contributed by atoms with Crippen LogP contribution in [0.2, 0.25) is 0 Å². The number of rotatable bonds is 3. The number of aromatic carboxylic acids is 2. The Hall–Kier alpha value is -0.527. The summed E-state index contributed by atoms with van der Waals surface area (Å²) in [5.74, 6) is -2.52. The molecule has 0 saturated heterocycles. The molecule has 0 radical (unpaired) electrons. The number of hydrogen-bond donors (Lipinski definition) is 0. The Balaban J connectivity index is 0.00000140. The van der Waals surface area contributed by atoms with Gasteiger partial charge in [0.1, 0.15) is 0 Å². The molecule has 0 unspecified atom stereocenters. The number of carboxylic acid groups (broad SMARTS) is 2. The summed E-state index contributed by atoms with van der Waals surface area (Å²) in [5.41, 5.74) is 2.27. The van der Waals surface area contributed by atoms with Gasteiger partial charge in [0.05, 0.1) is 34.4 Å². The van der Waals surface area contributed by atoms with Gasteiger partial charge in [-0.15, -0.1) is 0 Å². The molecule has 0 atom stereocenters. The molecule has 6 nitrogen and oxygen atoms in total. The molecule has 2 aromatic heterocycles. The molecule has 2 aromatic carbocycles. The van der Waals surface area contributed by atoms with Gasteiger partial charge in [-0.25, -0.2) is 9.97 Å². The number of benzene rings is 2. The molecular weight excluding hydrogens is 410 g/mol. The van der Waals surface area contributed by atoms with Crippen molar-refractivity contribution in [3.05, 3.63) is 71.8 Å². The Labute approximate surface area is 245 Å². The third kappa shape index (κ3) is 4.62. The maximum absolute atomic E-state index is 11.2. The van der Waals surface area contributed by atoms with E-state index < -0.39 is 11.9 Å². The number of fused-ring (bicyclic) bond motifs is 2. The van der Waals surface area contributed by atoms with Crippen LogP contribution < -0.4 is 113 Å². The molecule has 8 heteroatoms. The average molecular weight is 421 g/mol. The van der Waals surface area contributed by atoms with Gasteiger partial charge in [-0.3, -0.25) is 0 Å². The van der Waals surface area contributed by atoms with Crippen LogP contribution in [0.1, 0.15) is 20.7 Å². The first-order chi connectivity index (χ1) is 12.5. The first-order valence-corrected chi connectivity index (χ1v) is 7.77. The van der Waals surface area contributed by atoms with Gasteiger partial charge >= 0.3 is 103 Å². The maximum Gasteiger partial charge on any atom is 1.00 e. The van der Waals surface area contributed by atoms with Gasteiger partial charge in [0.2, 0.25) is 0 Å². The zero-order chi connectivity index (χ0) is 18.3. The van der Waals surface area contributed by atoms with E-state index in [1.54, 1.807) is 48.5 Å². The van der Waals surface area contributed by atoms with E-state index in [1.165, 1.54) is 12.1 Å². The van der Waals surface area contributed by atoms with Gasteiger partial charge < -0.3 is 19.8 Å². The molecule has 0 amide bonds. The molecule has 0 aliphatic heterocycles. The molecular formula is C20H10K2N2O4. The summed E-state index contributed by atoms with van der Waals surface area (Å²) in [4.78, 5) is 31.3. The SMILES string of the molecule is O=C([O-])c1cccc2nc(-c3ccc4c(C(=O)[O-])cccc4n3)ccc12.[K+].[K+]. The molecule has 0 spiro atoms. The van der Waals surface area contributed by atoms with Gasteiger partial charge in [-0.05, 0) is 36.4 Å².